The third kappa shape index (κ3) is 4.84. The zero-order valence-corrected chi connectivity index (χ0v) is 14.1. The molecule has 0 amide bonds. The van der Waals surface area contributed by atoms with Crippen LogP contribution in [0.3, 0.4) is 0 Å². The summed E-state index contributed by atoms with van der Waals surface area (Å²) >= 11 is 1.49. The van der Waals surface area contributed by atoms with Crippen molar-refractivity contribution in [3.8, 4) is 17.0 Å². The second kappa shape index (κ2) is 7.98. The maximum Gasteiger partial charge on any atom is 0.317 e. The summed E-state index contributed by atoms with van der Waals surface area (Å²) in [5, 5.41) is 20.9. The Kier molecular flexibility index (Phi) is 5.99. The molecule has 1 heterocycles. The number of thioether (sulfide) groups is 1. The molecule has 0 saturated heterocycles. The lowest BCUT2D eigenvalue weighted by Crippen LogP contribution is -2.28. The van der Waals surface area contributed by atoms with Gasteiger partial charge in [-0.3, -0.25) is 14.9 Å². The number of H-pyrrole nitrogens is 1. The van der Waals surface area contributed by atoms with Crippen LogP contribution in [0.5, 0.6) is 5.75 Å². The maximum atomic E-state index is 12.3. The number of nitrogens with one attached hydrogen (secondary N) is 2. The summed E-state index contributed by atoms with van der Waals surface area (Å²) in [5.74, 6) is -0.863. The number of hydrogen-bond acceptors (Lipinski definition) is 6. The van der Waals surface area contributed by atoms with Crippen LogP contribution in [-0.4, -0.2) is 37.9 Å². The van der Waals surface area contributed by atoms with Crippen LogP contribution >= 0.6 is 11.8 Å². The van der Waals surface area contributed by atoms with E-state index in [2.05, 4.69) is 15.3 Å². The van der Waals surface area contributed by atoms with Gasteiger partial charge in [-0.25, -0.2) is 4.98 Å². The molecule has 128 valence electrons. The number of hydrogen-bond donors (Lipinski definition) is 4. The average molecular weight is 349 g/mol. The molecule has 0 fully saturated rings. The SMILES string of the molecule is CC(C)SC(NCC(=O)O)c1cnc(-c2ccc(O)cc2)c(=O)[nH]1. The summed E-state index contributed by atoms with van der Waals surface area (Å²) in [6.45, 7) is 3.75. The fourth-order valence-corrected chi connectivity index (χ4v) is 3.05. The van der Waals surface area contributed by atoms with Crippen LogP contribution in [0.1, 0.15) is 24.9 Å². The molecule has 0 radical (unpaired) electrons. The van der Waals surface area contributed by atoms with E-state index in [1.54, 1.807) is 12.1 Å². The van der Waals surface area contributed by atoms with Crippen LogP contribution < -0.4 is 10.9 Å². The predicted octanol–water partition coefficient (Wildman–Crippen LogP) is 1.96. The van der Waals surface area contributed by atoms with E-state index in [1.165, 1.54) is 30.1 Å². The quantitative estimate of drug-likeness (QED) is 0.565. The van der Waals surface area contributed by atoms with Crippen molar-refractivity contribution in [1.29, 1.82) is 0 Å². The van der Waals surface area contributed by atoms with Crippen molar-refractivity contribution in [1.82, 2.24) is 15.3 Å². The summed E-state index contributed by atoms with van der Waals surface area (Å²) in [6, 6.07) is 6.18. The predicted molar refractivity (Wildman–Crippen MR) is 93.1 cm³/mol. The molecule has 0 bridgehead atoms. The highest BCUT2D eigenvalue weighted by molar-refractivity contribution is 8.00. The number of aromatic amines is 1. The number of carboxylic acid groups (broad SMARTS) is 1. The van der Waals surface area contributed by atoms with Gasteiger partial charge in [0.15, 0.2) is 0 Å². The van der Waals surface area contributed by atoms with Crippen LogP contribution in [0.15, 0.2) is 35.3 Å². The molecule has 8 heteroatoms. The van der Waals surface area contributed by atoms with Crippen molar-refractivity contribution in [2.75, 3.05) is 6.54 Å². The van der Waals surface area contributed by atoms with Crippen molar-refractivity contribution in [2.45, 2.75) is 24.5 Å². The van der Waals surface area contributed by atoms with Gasteiger partial charge in [0.2, 0.25) is 0 Å². The van der Waals surface area contributed by atoms with E-state index in [0.29, 0.717) is 11.3 Å². The number of aromatic hydroxyl groups is 1. The van der Waals surface area contributed by atoms with Crippen molar-refractivity contribution in [3.63, 3.8) is 0 Å². The second-order valence-electron chi connectivity index (χ2n) is 5.40. The molecule has 1 atom stereocenters. The van der Waals surface area contributed by atoms with Crippen LogP contribution in [-0.2, 0) is 4.79 Å². The van der Waals surface area contributed by atoms with E-state index in [9.17, 15) is 14.7 Å². The second-order valence-corrected chi connectivity index (χ2v) is 7.09. The number of carboxylic acids is 1. The Hall–Kier alpha value is -2.32. The zero-order valence-electron chi connectivity index (χ0n) is 13.3. The summed E-state index contributed by atoms with van der Waals surface area (Å²) < 4.78 is 0. The number of phenolic OH excluding ortho intramolecular Hbond substituents is 1. The Bertz CT molecular complexity index is 759. The Morgan fingerprint density at radius 3 is 2.54 bits per heavy atom. The number of nitrogens with zero attached hydrogens (tertiary/aromatic N) is 1. The third-order valence-corrected chi connectivity index (χ3v) is 4.31. The first-order valence-electron chi connectivity index (χ1n) is 7.36. The lowest BCUT2D eigenvalue weighted by Gasteiger charge is -2.19. The van der Waals surface area contributed by atoms with Gasteiger partial charge in [-0.1, -0.05) is 13.8 Å². The lowest BCUT2D eigenvalue weighted by atomic mass is 10.1. The first-order chi connectivity index (χ1) is 11.4. The maximum absolute atomic E-state index is 12.3. The fourth-order valence-electron chi connectivity index (χ4n) is 2.06. The van der Waals surface area contributed by atoms with Gasteiger partial charge in [-0.05, 0) is 24.3 Å². The standard InChI is InChI=1S/C16H19N3O4S/c1-9(2)24-16(18-8-13(21)22)12-7-17-14(15(23)19-12)10-3-5-11(20)6-4-10/h3-7,9,16,18,20H,8H2,1-2H3,(H,19,23)(H,21,22). The number of phenols is 1. The van der Waals surface area contributed by atoms with Gasteiger partial charge in [-0.2, -0.15) is 0 Å². The lowest BCUT2D eigenvalue weighted by molar-refractivity contribution is -0.136. The van der Waals surface area contributed by atoms with Gasteiger partial charge in [0.05, 0.1) is 17.6 Å². The molecule has 4 N–H and O–H groups in total. The van der Waals surface area contributed by atoms with Gasteiger partial charge in [0.1, 0.15) is 11.4 Å². The monoisotopic (exact) mass is 349 g/mol. The van der Waals surface area contributed by atoms with Crippen LogP contribution in [0.2, 0.25) is 0 Å². The molecular weight excluding hydrogens is 330 g/mol. The first-order valence-corrected chi connectivity index (χ1v) is 8.30. The molecular formula is C16H19N3O4S. The number of carbonyl (C=O) groups is 1. The highest BCUT2D eigenvalue weighted by Crippen LogP contribution is 2.28. The molecule has 0 aliphatic rings. The van der Waals surface area contributed by atoms with Crippen molar-refractivity contribution in [3.05, 3.63) is 46.5 Å². The van der Waals surface area contributed by atoms with Crippen molar-refractivity contribution >= 4 is 17.7 Å². The smallest absolute Gasteiger partial charge is 0.317 e. The average Bonchev–Trinajstić information content (AvgIpc) is 2.52. The van der Waals surface area contributed by atoms with Gasteiger partial charge < -0.3 is 15.2 Å². The van der Waals surface area contributed by atoms with E-state index in [0.717, 1.165) is 0 Å². The third-order valence-electron chi connectivity index (χ3n) is 3.08. The number of benzene rings is 1. The van der Waals surface area contributed by atoms with Crippen LogP contribution in [0.4, 0.5) is 0 Å². The first kappa shape index (κ1) is 18.0. The van der Waals surface area contributed by atoms with Gasteiger partial charge in [-0.15, -0.1) is 11.8 Å². The molecule has 2 rings (SSSR count). The van der Waals surface area contributed by atoms with E-state index < -0.39 is 5.97 Å². The molecule has 2 aromatic rings. The van der Waals surface area contributed by atoms with E-state index in [1.807, 2.05) is 13.8 Å². The van der Waals surface area contributed by atoms with E-state index in [-0.39, 0.29) is 34.2 Å². The Morgan fingerprint density at radius 1 is 1.33 bits per heavy atom. The van der Waals surface area contributed by atoms with Gasteiger partial charge in [0, 0.05) is 17.0 Å². The van der Waals surface area contributed by atoms with Gasteiger partial charge >= 0.3 is 5.97 Å². The summed E-state index contributed by atoms with van der Waals surface area (Å²) in [4.78, 5) is 30.1. The minimum atomic E-state index is -0.972. The molecule has 1 aromatic heterocycles. The molecule has 24 heavy (non-hydrogen) atoms. The van der Waals surface area contributed by atoms with E-state index in [4.69, 9.17) is 5.11 Å². The minimum absolute atomic E-state index is 0.109. The molecule has 0 spiro atoms. The zero-order chi connectivity index (χ0) is 17.7. The molecule has 1 unspecified atom stereocenters. The summed E-state index contributed by atoms with van der Waals surface area (Å²) in [7, 11) is 0. The number of rotatable bonds is 7. The summed E-state index contributed by atoms with van der Waals surface area (Å²) in [5.41, 5.74) is 0.976. The molecule has 0 aliphatic heterocycles. The number of aromatic nitrogens is 2. The number of aliphatic carboxylic acids is 1. The normalized spacial score (nSPS) is 12.3. The summed E-state index contributed by atoms with van der Waals surface area (Å²) in [6.07, 6.45) is 1.53. The largest absolute Gasteiger partial charge is 0.508 e. The van der Waals surface area contributed by atoms with Crippen molar-refractivity contribution in [2.24, 2.45) is 0 Å². The van der Waals surface area contributed by atoms with Crippen LogP contribution in [0.25, 0.3) is 11.3 Å². The fraction of sp³-hybridized carbons (Fsp3) is 0.312. The molecule has 0 aliphatic carbocycles. The highest BCUT2D eigenvalue weighted by atomic mass is 32.2. The van der Waals surface area contributed by atoms with Gasteiger partial charge in [0.25, 0.3) is 5.56 Å². The van der Waals surface area contributed by atoms with Crippen molar-refractivity contribution < 1.29 is 15.0 Å². The molecule has 0 saturated carbocycles. The Labute approximate surface area is 143 Å². The topological polar surface area (TPSA) is 115 Å². The van der Waals surface area contributed by atoms with Crippen LogP contribution in [0, 0.1) is 0 Å². The highest BCUT2D eigenvalue weighted by Gasteiger charge is 2.17. The van der Waals surface area contributed by atoms with E-state index >= 15 is 0 Å². The minimum Gasteiger partial charge on any atom is -0.508 e. The Morgan fingerprint density at radius 2 is 2.00 bits per heavy atom. The molecule has 7 nitrogen and oxygen atoms in total. The molecule has 1 aromatic carbocycles. The Balaban J connectivity index is 2.29.